The van der Waals surface area contributed by atoms with Crippen LogP contribution in [0.2, 0.25) is 0 Å². The first-order valence-electron chi connectivity index (χ1n) is 7.93. The second kappa shape index (κ2) is 6.56. The van der Waals surface area contributed by atoms with E-state index in [0.29, 0.717) is 5.92 Å². The van der Waals surface area contributed by atoms with Gasteiger partial charge in [-0.2, -0.15) is 5.10 Å². The van der Waals surface area contributed by atoms with E-state index in [2.05, 4.69) is 37.7 Å². The highest BCUT2D eigenvalue weighted by Gasteiger charge is 2.24. The maximum atomic E-state index is 4.85. The first-order chi connectivity index (χ1) is 9.15. The molecule has 1 N–H and O–H groups in total. The van der Waals surface area contributed by atoms with Crippen molar-refractivity contribution in [2.45, 2.75) is 66.5 Å². The Labute approximate surface area is 117 Å². The summed E-state index contributed by atoms with van der Waals surface area (Å²) in [6.07, 6.45) is 4.93. The maximum Gasteiger partial charge on any atom is 0.0669 e. The molecule has 1 aliphatic rings. The molecule has 108 valence electrons. The van der Waals surface area contributed by atoms with E-state index in [9.17, 15) is 0 Å². The summed E-state index contributed by atoms with van der Waals surface area (Å²) in [7, 11) is 0. The Kier molecular flexibility index (Phi) is 5.03. The summed E-state index contributed by atoms with van der Waals surface area (Å²) in [6.45, 7) is 12.2. The topological polar surface area (TPSA) is 29.9 Å². The Morgan fingerprint density at radius 3 is 2.53 bits per heavy atom. The van der Waals surface area contributed by atoms with Gasteiger partial charge in [0, 0.05) is 24.3 Å². The van der Waals surface area contributed by atoms with E-state index < -0.39 is 0 Å². The van der Waals surface area contributed by atoms with Crippen LogP contribution in [0.15, 0.2) is 0 Å². The zero-order valence-corrected chi connectivity index (χ0v) is 13.0. The summed E-state index contributed by atoms with van der Waals surface area (Å²) in [5, 5.41) is 8.43. The molecule has 1 aromatic rings. The molecule has 3 nitrogen and oxygen atoms in total. The van der Waals surface area contributed by atoms with Gasteiger partial charge in [0.05, 0.1) is 5.69 Å². The van der Waals surface area contributed by atoms with Crippen LogP contribution in [0.4, 0.5) is 0 Å². The van der Waals surface area contributed by atoms with Crippen molar-refractivity contribution in [2.24, 2.45) is 11.8 Å². The third kappa shape index (κ3) is 3.82. The summed E-state index contributed by atoms with van der Waals surface area (Å²) < 4.78 is 2.29. The first kappa shape index (κ1) is 14.6. The molecular weight excluding hydrogens is 234 g/mol. The Balaban J connectivity index is 2.10. The van der Waals surface area contributed by atoms with Crippen molar-refractivity contribution in [3.63, 3.8) is 0 Å². The fraction of sp³-hybridized carbons (Fsp3) is 0.812. The molecule has 0 aliphatic heterocycles. The molecule has 3 heteroatoms. The summed E-state index contributed by atoms with van der Waals surface area (Å²) in [4.78, 5) is 0. The molecule has 1 aromatic heterocycles. The van der Waals surface area contributed by atoms with Crippen molar-refractivity contribution in [2.75, 3.05) is 6.54 Å². The SMILES string of the molecule is CCc1nn(CC2CC2)c(CC)c1CNCC(C)C. The molecule has 0 bridgehead atoms. The highest BCUT2D eigenvalue weighted by molar-refractivity contribution is 5.27. The van der Waals surface area contributed by atoms with E-state index in [0.717, 1.165) is 38.4 Å². The van der Waals surface area contributed by atoms with Gasteiger partial charge in [-0.3, -0.25) is 4.68 Å². The van der Waals surface area contributed by atoms with E-state index >= 15 is 0 Å². The van der Waals surface area contributed by atoms with E-state index in [4.69, 9.17) is 5.10 Å². The largest absolute Gasteiger partial charge is 0.312 e. The van der Waals surface area contributed by atoms with Crippen molar-refractivity contribution >= 4 is 0 Å². The lowest BCUT2D eigenvalue weighted by molar-refractivity contribution is 0.532. The molecule has 1 heterocycles. The van der Waals surface area contributed by atoms with Gasteiger partial charge in [-0.25, -0.2) is 0 Å². The van der Waals surface area contributed by atoms with Crippen molar-refractivity contribution < 1.29 is 0 Å². The van der Waals surface area contributed by atoms with Crippen molar-refractivity contribution in [3.8, 4) is 0 Å². The van der Waals surface area contributed by atoms with Crippen molar-refractivity contribution in [3.05, 3.63) is 17.0 Å². The zero-order chi connectivity index (χ0) is 13.8. The normalized spacial score (nSPS) is 15.4. The van der Waals surface area contributed by atoms with Gasteiger partial charge < -0.3 is 5.32 Å². The second-order valence-corrected chi connectivity index (χ2v) is 6.23. The molecule has 19 heavy (non-hydrogen) atoms. The Morgan fingerprint density at radius 1 is 1.26 bits per heavy atom. The van der Waals surface area contributed by atoms with Crippen LogP contribution in [-0.2, 0) is 25.9 Å². The predicted molar refractivity (Wildman–Crippen MR) is 80.3 cm³/mol. The lowest BCUT2D eigenvalue weighted by Crippen LogP contribution is -2.20. The van der Waals surface area contributed by atoms with Crippen LogP contribution in [0.25, 0.3) is 0 Å². The van der Waals surface area contributed by atoms with Gasteiger partial charge in [-0.05, 0) is 44.1 Å². The minimum absolute atomic E-state index is 0.705. The summed E-state index contributed by atoms with van der Waals surface area (Å²) in [6, 6.07) is 0. The molecule has 0 radical (unpaired) electrons. The van der Waals surface area contributed by atoms with Gasteiger partial charge >= 0.3 is 0 Å². The summed E-state index contributed by atoms with van der Waals surface area (Å²) in [5.74, 6) is 1.60. The van der Waals surface area contributed by atoms with Gasteiger partial charge in [-0.15, -0.1) is 0 Å². The smallest absolute Gasteiger partial charge is 0.0669 e. The molecule has 1 saturated carbocycles. The highest BCUT2D eigenvalue weighted by atomic mass is 15.3. The predicted octanol–water partition coefficient (Wildman–Crippen LogP) is 3.16. The molecule has 1 fully saturated rings. The summed E-state index contributed by atoms with van der Waals surface area (Å²) >= 11 is 0. The van der Waals surface area contributed by atoms with Crippen molar-refractivity contribution in [1.29, 1.82) is 0 Å². The van der Waals surface area contributed by atoms with E-state index in [-0.39, 0.29) is 0 Å². The third-order valence-electron chi connectivity index (χ3n) is 3.90. The van der Waals surface area contributed by atoms with E-state index in [1.165, 1.54) is 29.8 Å². The number of nitrogens with one attached hydrogen (secondary N) is 1. The second-order valence-electron chi connectivity index (χ2n) is 6.23. The van der Waals surface area contributed by atoms with Crippen LogP contribution in [-0.4, -0.2) is 16.3 Å². The van der Waals surface area contributed by atoms with Crippen LogP contribution in [0.3, 0.4) is 0 Å². The average molecular weight is 263 g/mol. The molecular formula is C16H29N3. The minimum Gasteiger partial charge on any atom is -0.312 e. The van der Waals surface area contributed by atoms with E-state index in [1.54, 1.807) is 0 Å². The van der Waals surface area contributed by atoms with Gasteiger partial charge in [-0.1, -0.05) is 27.7 Å². The zero-order valence-electron chi connectivity index (χ0n) is 13.0. The fourth-order valence-corrected chi connectivity index (χ4v) is 2.65. The van der Waals surface area contributed by atoms with Crippen LogP contribution < -0.4 is 5.32 Å². The van der Waals surface area contributed by atoms with Crippen LogP contribution in [0.1, 0.15) is 57.5 Å². The molecule has 0 saturated heterocycles. The lowest BCUT2D eigenvalue weighted by Gasteiger charge is -2.10. The number of aromatic nitrogens is 2. The van der Waals surface area contributed by atoms with Gasteiger partial charge in [0.2, 0.25) is 0 Å². The van der Waals surface area contributed by atoms with Gasteiger partial charge in [0.1, 0.15) is 0 Å². The van der Waals surface area contributed by atoms with Gasteiger partial charge in [0.25, 0.3) is 0 Å². The average Bonchev–Trinajstić information content (AvgIpc) is 3.11. The van der Waals surface area contributed by atoms with Crippen LogP contribution in [0.5, 0.6) is 0 Å². The Bertz CT molecular complexity index is 402. The molecule has 0 atom stereocenters. The first-order valence-corrected chi connectivity index (χ1v) is 7.93. The quantitative estimate of drug-likeness (QED) is 0.781. The lowest BCUT2D eigenvalue weighted by atomic mass is 10.1. The maximum absolute atomic E-state index is 4.85. The Hall–Kier alpha value is -0.830. The summed E-state index contributed by atoms with van der Waals surface area (Å²) in [5.41, 5.74) is 4.22. The number of hydrogen-bond donors (Lipinski definition) is 1. The monoisotopic (exact) mass is 263 g/mol. The molecule has 0 unspecified atom stereocenters. The molecule has 1 aliphatic carbocycles. The fourth-order valence-electron chi connectivity index (χ4n) is 2.65. The number of nitrogens with zero attached hydrogens (tertiary/aromatic N) is 2. The Morgan fingerprint density at radius 2 is 2.00 bits per heavy atom. The molecule has 0 spiro atoms. The molecule has 0 amide bonds. The molecule has 0 aromatic carbocycles. The highest BCUT2D eigenvalue weighted by Crippen LogP contribution is 2.31. The number of rotatable bonds is 8. The van der Waals surface area contributed by atoms with Gasteiger partial charge in [0.15, 0.2) is 0 Å². The third-order valence-corrected chi connectivity index (χ3v) is 3.90. The van der Waals surface area contributed by atoms with Crippen LogP contribution in [0, 0.1) is 11.8 Å². The standard InChI is InChI=1S/C16H29N3/c1-5-15-14(10-17-9-12(3)4)16(6-2)19(18-15)11-13-7-8-13/h12-13,17H,5-11H2,1-4H3. The number of hydrogen-bond acceptors (Lipinski definition) is 2. The minimum atomic E-state index is 0.705. The van der Waals surface area contributed by atoms with Crippen LogP contribution >= 0.6 is 0 Å². The number of aryl methyl sites for hydroxylation is 1. The van der Waals surface area contributed by atoms with E-state index in [1.807, 2.05) is 0 Å². The van der Waals surface area contributed by atoms with Crippen molar-refractivity contribution in [1.82, 2.24) is 15.1 Å². The molecule has 2 rings (SSSR count).